The molecule has 66 valence electrons. The number of halogens is 1. The maximum atomic E-state index is 5.90. The summed E-state index contributed by atoms with van der Waals surface area (Å²) < 4.78 is 0. The molecule has 2 N–H and O–H groups in total. The van der Waals surface area contributed by atoms with E-state index in [1.807, 2.05) is 12.1 Å². The average molecular weight is 202 g/mol. The van der Waals surface area contributed by atoms with Gasteiger partial charge in [-0.3, -0.25) is 0 Å². The maximum Gasteiger partial charge on any atom is 0.0420 e. The molecule has 0 spiro atoms. The molecule has 12 heavy (non-hydrogen) atoms. The van der Waals surface area contributed by atoms with Crippen LogP contribution in [-0.4, -0.2) is 5.75 Å². The molecule has 1 aromatic rings. The normalized spacial score (nSPS) is 10.2. The second-order valence-electron chi connectivity index (χ2n) is 2.43. The number of thioether (sulfide) groups is 1. The van der Waals surface area contributed by atoms with Gasteiger partial charge in [-0.25, -0.2) is 0 Å². The van der Waals surface area contributed by atoms with E-state index in [2.05, 4.69) is 13.0 Å². The zero-order valence-corrected chi connectivity index (χ0v) is 8.58. The number of hydrogen-bond acceptors (Lipinski definition) is 2. The third-order valence-electron chi connectivity index (χ3n) is 1.48. The van der Waals surface area contributed by atoms with Crippen molar-refractivity contribution in [2.24, 2.45) is 5.73 Å². The molecule has 1 nitrogen and oxygen atoms in total. The Morgan fingerprint density at radius 3 is 2.75 bits per heavy atom. The highest BCUT2D eigenvalue weighted by molar-refractivity contribution is 7.99. The first kappa shape index (κ1) is 9.90. The van der Waals surface area contributed by atoms with E-state index in [-0.39, 0.29) is 0 Å². The molecule has 0 atom stereocenters. The summed E-state index contributed by atoms with van der Waals surface area (Å²) in [7, 11) is 0. The lowest BCUT2D eigenvalue weighted by molar-refractivity contribution is 1.06. The lowest BCUT2D eigenvalue weighted by Crippen LogP contribution is -1.95. The number of nitrogens with two attached hydrogens (primary N) is 1. The van der Waals surface area contributed by atoms with Gasteiger partial charge in [0.05, 0.1) is 0 Å². The molecule has 0 aliphatic heterocycles. The molecule has 0 aliphatic carbocycles. The van der Waals surface area contributed by atoms with Crippen molar-refractivity contribution in [3.05, 3.63) is 28.8 Å². The van der Waals surface area contributed by atoms with Crippen LogP contribution in [0.5, 0.6) is 0 Å². The van der Waals surface area contributed by atoms with Crippen molar-refractivity contribution in [3.8, 4) is 0 Å². The van der Waals surface area contributed by atoms with Gasteiger partial charge in [-0.15, -0.1) is 11.8 Å². The highest BCUT2D eigenvalue weighted by Gasteiger charge is 1.97. The second kappa shape index (κ2) is 4.75. The van der Waals surface area contributed by atoms with Gasteiger partial charge in [0.2, 0.25) is 0 Å². The van der Waals surface area contributed by atoms with Crippen molar-refractivity contribution in [2.45, 2.75) is 18.4 Å². The van der Waals surface area contributed by atoms with E-state index in [0.29, 0.717) is 6.54 Å². The molecule has 0 unspecified atom stereocenters. The Morgan fingerprint density at radius 2 is 2.17 bits per heavy atom. The van der Waals surface area contributed by atoms with Crippen LogP contribution >= 0.6 is 23.4 Å². The quantitative estimate of drug-likeness (QED) is 0.762. The average Bonchev–Trinajstić information content (AvgIpc) is 2.04. The van der Waals surface area contributed by atoms with Crippen molar-refractivity contribution in [1.82, 2.24) is 0 Å². The molecule has 0 amide bonds. The molecule has 0 bridgehead atoms. The Hall–Kier alpha value is -0.180. The van der Waals surface area contributed by atoms with Crippen LogP contribution in [0.3, 0.4) is 0 Å². The topological polar surface area (TPSA) is 26.0 Å². The van der Waals surface area contributed by atoms with Gasteiger partial charge in [0.15, 0.2) is 0 Å². The molecule has 1 aromatic carbocycles. The third kappa shape index (κ3) is 2.70. The fraction of sp³-hybridized carbons (Fsp3) is 0.333. The molecule has 0 aliphatic rings. The highest BCUT2D eigenvalue weighted by atomic mass is 35.5. The fourth-order valence-corrected chi connectivity index (χ4v) is 2.09. The Kier molecular flexibility index (Phi) is 3.92. The van der Waals surface area contributed by atoms with Crippen molar-refractivity contribution in [3.63, 3.8) is 0 Å². The van der Waals surface area contributed by atoms with Crippen LogP contribution in [0.2, 0.25) is 5.02 Å². The van der Waals surface area contributed by atoms with Gasteiger partial charge in [-0.05, 0) is 29.5 Å². The van der Waals surface area contributed by atoms with Crippen molar-refractivity contribution >= 4 is 23.4 Å². The van der Waals surface area contributed by atoms with Crippen LogP contribution in [0.25, 0.3) is 0 Å². The van der Waals surface area contributed by atoms with Crippen LogP contribution in [0.4, 0.5) is 0 Å². The van der Waals surface area contributed by atoms with E-state index in [1.54, 1.807) is 11.8 Å². The molecule has 0 heterocycles. The summed E-state index contributed by atoms with van der Waals surface area (Å²) in [4.78, 5) is 1.20. The monoisotopic (exact) mass is 201 g/mol. The largest absolute Gasteiger partial charge is 0.326 e. The third-order valence-corrected chi connectivity index (χ3v) is 2.55. The zero-order valence-electron chi connectivity index (χ0n) is 7.01. The predicted octanol–water partition coefficient (Wildman–Crippen LogP) is 2.91. The number of rotatable bonds is 3. The van der Waals surface area contributed by atoms with E-state index >= 15 is 0 Å². The van der Waals surface area contributed by atoms with Gasteiger partial charge in [0.1, 0.15) is 0 Å². The minimum absolute atomic E-state index is 0.553. The lowest BCUT2D eigenvalue weighted by Gasteiger charge is -2.02. The summed E-state index contributed by atoms with van der Waals surface area (Å²) in [6, 6.07) is 5.95. The van der Waals surface area contributed by atoms with Crippen LogP contribution in [0.15, 0.2) is 23.1 Å². The van der Waals surface area contributed by atoms with Gasteiger partial charge in [0.25, 0.3) is 0 Å². The van der Waals surface area contributed by atoms with E-state index in [4.69, 9.17) is 17.3 Å². The Morgan fingerprint density at radius 1 is 1.42 bits per heavy atom. The standard InChI is InChI=1S/C9H12ClNS/c1-2-12-9-4-7(6-11)3-8(10)5-9/h3-5H,2,6,11H2,1H3. The first-order valence-corrected chi connectivity index (χ1v) is 5.25. The molecule has 0 aromatic heterocycles. The van der Waals surface area contributed by atoms with Gasteiger partial charge in [-0.1, -0.05) is 18.5 Å². The Balaban J connectivity index is 2.90. The van der Waals surface area contributed by atoms with Crippen molar-refractivity contribution in [2.75, 3.05) is 5.75 Å². The minimum Gasteiger partial charge on any atom is -0.326 e. The first-order chi connectivity index (χ1) is 5.76. The van der Waals surface area contributed by atoms with Crippen LogP contribution in [0.1, 0.15) is 12.5 Å². The Bertz CT molecular complexity index is 263. The van der Waals surface area contributed by atoms with E-state index < -0.39 is 0 Å². The van der Waals surface area contributed by atoms with E-state index in [1.165, 1.54) is 4.90 Å². The molecule has 0 radical (unpaired) electrons. The summed E-state index contributed by atoms with van der Waals surface area (Å²) in [6.07, 6.45) is 0. The SMILES string of the molecule is CCSc1cc(Cl)cc(CN)c1. The van der Waals surface area contributed by atoms with Crippen molar-refractivity contribution < 1.29 is 0 Å². The molecule has 0 saturated heterocycles. The highest BCUT2D eigenvalue weighted by Crippen LogP contribution is 2.23. The predicted molar refractivity (Wildman–Crippen MR) is 55.7 cm³/mol. The number of hydrogen-bond donors (Lipinski definition) is 1. The van der Waals surface area contributed by atoms with Gasteiger partial charge in [0, 0.05) is 16.5 Å². The van der Waals surface area contributed by atoms with Gasteiger partial charge in [-0.2, -0.15) is 0 Å². The number of benzene rings is 1. The fourth-order valence-electron chi connectivity index (χ4n) is 0.989. The van der Waals surface area contributed by atoms with Gasteiger partial charge < -0.3 is 5.73 Å². The molecule has 0 fully saturated rings. The lowest BCUT2D eigenvalue weighted by atomic mass is 10.2. The zero-order chi connectivity index (χ0) is 8.97. The molecular formula is C9H12ClNS. The summed E-state index contributed by atoms with van der Waals surface area (Å²) in [5.41, 5.74) is 6.61. The summed E-state index contributed by atoms with van der Waals surface area (Å²) >= 11 is 7.67. The van der Waals surface area contributed by atoms with Crippen LogP contribution in [-0.2, 0) is 6.54 Å². The second-order valence-corrected chi connectivity index (χ2v) is 4.21. The molecule has 0 saturated carbocycles. The minimum atomic E-state index is 0.553. The summed E-state index contributed by atoms with van der Waals surface area (Å²) in [5.74, 6) is 1.06. The smallest absolute Gasteiger partial charge is 0.0420 e. The van der Waals surface area contributed by atoms with Crippen LogP contribution in [0, 0.1) is 0 Å². The van der Waals surface area contributed by atoms with E-state index in [0.717, 1.165) is 16.3 Å². The Labute approximate surface area is 82.3 Å². The first-order valence-electron chi connectivity index (χ1n) is 3.88. The van der Waals surface area contributed by atoms with Crippen LogP contribution < -0.4 is 5.73 Å². The van der Waals surface area contributed by atoms with E-state index in [9.17, 15) is 0 Å². The summed E-state index contributed by atoms with van der Waals surface area (Å²) in [6.45, 7) is 2.67. The maximum absolute atomic E-state index is 5.90. The van der Waals surface area contributed by atoms with Crippen molar-refractivity contribution in [1.29, 1.82) is 0 Å². The van der Waals surface area contributed by atoms with Gasteiger partial charge >= 0.3 is 0 Å². The molecular weight excluding hydrogens is 190 g/mol. The molecule has 3 heteroatoms. The summed E-state index contributed by atoms with van der Waals surface area (Å²) in [5, 5.41) is 0.772. The molecule has 1 rings (SSSR count).